The molecule has 1 aromatic heterocycles. The molecule has 1 atom stereocenters. The van der Waals surface area contributed by atoms with Gasteiger partial charge in [-0.05, 0) is 49.4 Å². The van der Waals surface area contributed by atoms with Crippen molar-refractivity contribution >= 4 is 40.9 Å². The summed E-state index contributed by atoms with van der Waals surface area (Å²) in [4.78, 5) is 24.9. The van der Waals surface area contributed by atoms with E-state index in [0.717, 1.165) is 11.8 Å². The number of rotatable bonds is 10. The molecule has 0 bridgehead atoms. The fourth-order valence-electron chi connectivity index (χ4n) is 3.04. The van der Waals surface area contributed by atoms with Crippen molar-refractivity contribution in [1.29, 1.82) is 0 Å². The topological polar surface area (TPSA) is 118 Å². The van der Waals surface area contributed by atoms with Gasteiger partial charge in [0.1, 0.15) is 17.6 Å². The molecule has 34 heavy (non-hydrogen) atoms. The lowest BCUT2D eigenvalue weighted by Crippen LogP contribution is -2.32. The number of aliphatic hydroxyl groups is 1. The van der Waals surface area contributed by atoms with Gasteiger partial charge in [-0.25, -0.2) is 4.39 Å². The smallest absolute Gasteiger partial charge is 0.251 e. The standard InChI is InChI=1S/C22H23ClFN5O4S/c1-3-29-20(18(11-30)26-21(32)13-4-7-15(33-2)8-5-13)27-28-22(29)34-12-19(31)25-14-6-9-17(24)16(23)10-14/h4-10,18,30H,3,11-12H2,1-2H3,(H,25,31)(H,26,32)/t18-/m0/s1. The van der Waals surface area contributed by atoms with Crippen LogP contribution in [0.25, 0.3) is 0 Å². The Morgan fingerprint density at radius 1 is 1.24 bits per heavy atom. The molecule has 0 unspecified atom stereocenters. The molecule has 2 aromatic carbocycles. The van der Waals surface area contributed by atoms with Crippen LogP contribution in [-0.2, 0) is 11.3 Å². The van der Waals surface area contributed by atoms with Crippen molar-refractivity contribution in [1.82, 2.24) is 20.1 Å². The van der Waals surface area contributed by atoms with Crippen molar-refractivity contribution in [2.24, 2.45) is 0 Å². The van der Waals surface area contributed by atoms with Gasteiger partial charge in [0.05, 0.1) is 24.5 Å². The van der Waals surface area contributed by atoms with Gasteiger partial charge in [0.15, 0.2) is 11.0 Å². The minimum atomic E-state index is -0.799. The lowest BCUT2D eigenvalue weighted by atomic mass is 10.2. The summed E-state index contributed by atoms with van der Waals surface area (Å²) in [6, 6.07) is 9.65. The fourth-order valence-corrected chi connectivity index (χ4v) is 4.03. The van der Waals surface area contributed by atoms with Crippen LogP contribution >= 0.6 is 23.4 Å². The first kappa shape index (κ1) is 25.5. The first-order chi connectivity index (χ1) is 16.4. The average Bonchev–Trinajstić information content (AvgIpc) is 3.26. The lowest BCUT2D eigenvalue weighted by Gasteiger charge is -2.17. The number of ether oxygens (including phenoxy) is 1. The van der Waals surface area contributed by atoms with E-state index in [1.54, 1.807) is 28.8 Å². The predicted octanol–water partition coefficient (Wildman–Crippen LogP) is 3.29. The Kier molecular flexibility index (Phi) is 8.85. The van der Waals surface area contributed by atoms with Gasteiger partial charge in [-0.3, -0.25) is 9.59 Å². The van der Waals surface area contributed by atoms with E-state index in [9.17, 15) is 19.1 Å². The SMILES string of the molecule is CCn1c(SCC(=O)Nc2ccc(F)c(Cl)c2)nnc1[C@H](CO)NC(=O)c1ccc(OC)cc1. The summed E-state index contributed by atoms with van der Waals surface area (Å²) < 4.78 is 20.1. The largest absolute Gasteiger partial charge is 0.497 e. The van der Waals surface area contributed by atoms with Crippen LogP contribution in [0.4, 0.5) is 10.1 Å². The first-order valence-electron chi connectivity index (χ1n) is 10.2. The van der Waals surface area contributed by atoms with Crippen LogP contribution in [-0.4, -0.2) is 51.2 Å². The number of carbonyl (C=O) groups excluding carboxylic acids is 2. The van der Waals surface area contributed by atoms with Crippen LogP contribution in [0, 0.1) is 5.82 Å². The highest BCUT2D eigenvalue weighted by atomic mass is 35.5. The number of halogens is 2. The summed E-state index contributed by atoms with van der Waals surface area (Å²) in [7, 11) is 1.53. The van der Waals surface area contributed by atoms with Crippen molar-refractivity contribution in [3.05, 3.63) is 64.7 Å². The molecule has 0 aliphatic carbocycles. The highest BCUT2D eigenvalue weighted by Gasteiger charge is 2.23. The summed E-state index contributed by atoms with van der Waals surface area (Å²) in [6.07, 6.45) is 0. The Morgan fingerprint density at radius 2 is 1.97 bits per heavy atom. The molecule has 180 valence electrons. The van der Waals surface area contributed by atoms with Crippen LogP contribution in [0.1, 0.15) is 29.1 Å². The second-order valence-corrected chi connectivity index (χ2v) is 8.34. The third kappa shape index (κ3) is 6.25. The van der Waals surface area contributed by atoms with Crippen molar-refractivity contribution in [3.8, 4) is 5.75 Å². The van der Waals surface area contributed by atoms with Crippen molar-refractivity contribution in [2.75, 3.05) is 24.8 Å². The molecule has 0 saturated carbocycles. The minimum Gasteiger partial charge on any atom is -0.497 e. The monoisotopic (exact) mass is 507 g/mol. The van der Waals surface area contributed by atoms with E-state index in [1.807, 2.05) is 6.92 Å². The van der Waals surface area contributed by atoms with Gasteiger partial charge in [-0.15, -0.1) is 10.2 Å². The Bertz CT molecular complexity index is 1160. The molecule has 1 heterocycles. The highest BCUT2D eigenvalue weighted by molar-refractivity contribution is 7.99. The summed E-state index contributed by atoms with van der Waals surface area (Å²) in [5.74, 6) is -0.315. The number of aliphatic hydroxyl groups excluding tert-OH is 1. The van der Waals surface area contributed by atoms with Crippen molar-refractivity contribution < 1.29 is 23.8 Å². The molecule has 9 nitrogen and oxygen atoms in total. The minimum absolute atomic E-state index is 0.00906. The van der Waals surface area contributed by atoms with Gasteiger partial charge in [-0.2, -0.15) is 0 Å². The van der Waals surface area contributed by atoms with E-state index in [0.29, 0.717) is 34.5 Å². The molecular weight excluding hydrogens is 485 g/mol. The van der Waals surface area contributed by atoms with E-state index in [1.165, 1.54) is 25.3 Å². The maximum absolute atomic E-state index is 13.3. The molecule has 3 aromatic rings. The van der Waals surface area contributed by atoms with Gasteiger partial charge >= 0.3 is 0 Å². The zero-order chi connectivity index (χ0) is 24.7. The quantitative estimate of drug-likeness (QED) is 0.360. The van der Waals surface area contributed by atoms with Gasteiger partial charge in [-0.1, -0.05) is 23.4 Å². The molecule has 0 fully saturated rings. The van der Waals surface area contributed by atoms with Gasteiger partial charge in [0, 0.05) is 17.8 Å². The van der Waals surface area contributed by atoms with E-state index in [4.69, 9.17) is 16.3 Å². The summed E-state index contributed by atoms with van der Waals surface area (Å²) >= 11 is 6.87. The molecule has 0 radical (unpaired) electrons. The molecule has 0 aliphatic heterocycles. The Morgan fingerprint density at radius 3 is 2.59 bits per heavy atom. The van der Waals surface area contributed by atoms with Gasteiger partial charge in [0.2, 0.25) is 5.91 Å². The third-order valence-electron chi connectivity index (χ3n) is 4.75. The summed E-state index contributed by atoms with van der Waals surface area (Å²) in [5.41, 5.74) is 0.769. The number of hydrogen-bond donors (Lipinski definition) is 3. The molecule has 3 N–H and O–H groups in total. The number of thioether (sulfide) groups is 1. The molecule has 3 rings (SSSR count). The maximum atomic E-state index is 13.3. The first-order valence-corrected chi connectivity index (χ1v) is 11.6. The Hall–Kier alpha value is -3.15. The molecule has 0 saturated heterocycles. The number of carbonyl (C=O) groups is 2. The number of methoxy groups -OCH3 is 1. The summed E-state index contributed by atoms with van der Waals surface area (Å²) in [5, 5.41) is 23.9. The molecule has 0 spiro atoms. The van der Waals surface area contributed by atoms with E-state index in [-0.39, 0.29) is 22.6 Å². The Labute approximate surface area is 204 Å². The molecule has 2 amide bonds. The molecular formula is C22H23ClFN5O4S. The van der Waals surface area contributed by atoms with Crippen LogP contribution in [0.15, 0.2) is 47.6 Å². The van der Waals surface area contributed by atoms with Crippen molar-refractivity contribution in [3.63, 3.8) is 0 Å². The highest BCUT2D eigenvalue weighted by Crippen LogP contribution is 2.23. The van der Waals surface area contributed by atoms with E-state index >= 15 is 0 Å². The number of benzene rings is 2. The second-order valence-electron chi connectivity index (χ2n) is 6.99. The predicted molar refractivity (Wildman–Crippen MR) is 127 cm³/mol. The number of nitrogens with one attached hydrogen (secondary N) is 2. The normalized spacial score (nSPS) is 11.7. The van der Waals surface area contributed by atoms with Crippen molar-refractivity contribution in [2.45, 2.75) is 24.7 Å². The maximum Gasteiger partial charge on any atom is 0.251 e. The third-order valence-corrected chi connectivity index (χ3v) is 6.01. The zero-order valence-electron chi connectivity index (χ0n) is 18.4. The van der Waals surface area contributed by atoms with Crippen LogP contribution in [0.5, 0.6) is 5.75 Å². The van der Waals surface area contributed by atoms with Crippen LogP contribution in [0.3, 0.4) is 0 Å². The van der Waals surface area contributed by atoms with Gasteiger partial charge in [0.25, 0.3) is 5.91 Å². The molecule has 0 aliphatic rings. The van der Waals surface area contributed by atoms with Gasteiger partial charge < -0.3 is 25.0 Å². The van der Waals surface area contributed by atoms with E-state index < -0.39 is 18.5 Å². The average molecular weight is 508 g/mol. The number of amides is 2. The number of aromatic nitrogens is 3. The number of nitrogens with zero attached hydrogens (tertiary/aromatic N) is 3. The summed E-state index contributed by atoms with van der Waals surface area (Å²) in [6.45, 7) is 1.92. The number of hydrogen-bond acceptors (Lipinski definition) is 7. The lowest BCUT2D eigenvalue weighted by molar-refractivity contribution is -0.113. The second kappa shape index (κ2) is 11.8. The fraction of sp³-hybridized carbons (Fsp3) is 0.273. The Balaban J connectivity index is 1.65. The van der Waals surface area contributed by atoms with Crippen LogP contribution < -0.4 is 15.4 Å². The molecule has 12 heteroatoms. The zero-order valence-corrected chi connectivity index (χ0v) is 20.0. The van der Waals surface area contributed by atoms with Crippen LogP contribution in [0.2, 0.25) is 5.02 Å². The number of anilines is 1. The van der Waals surface area contributed by atoms with E-state index in [2.05, 4.69) is 20.8 Å².